The lowest BCUT2D eigenvalue weighted by molar-refractivity contribution is -0.115. The van der Waals surface area contributed by atoms with Crippen molar-refractivity contribution in [1.82, 2.24) is 4.90 Å². The first-order chi connectivity index (χ1) is 15.5. The number of hydrogen-bond acceptors (Lipinski definition) is 3. The van der Waals surface area contributed by atoms with Gasteiger partial charge in [0.15, 0.2) is 0 Å². The van der Waals surface area contributed by atoms with Crippen molar-refractivity contribution in [1.29, 1.82) is 0 Å². The molecule has 0 spiro atoms. The largest absolute Gasteiger partial charge is 0.371 e. The molecule has 1 N–H and O–H groups in total. The summed E-state index contributed by atoms with van der Waals surface area (Å²) in [5.41, 5.74) is 3.38. The lowest BCUT2D eigenvalue weighted by Gasteiger charge is -2.35. The van der Waals surface area contributed by atoms with Gasteiger partial charge in [0, 0.05) is 37.6 Å². The molecule has 2 heterocycles. The highest BCUT2D eigenvalue weighted by Crippen LogP contribution is 2.30. The first-order valence-electron chi connectivity index (χ1n) is 12.0. The summed E-state index contributed by atoms with van der Waals surface area (Å²) < 4.78 is 0. The maximum atomic E-state index is 13.5. The van der Waals surface area contributed by atoms with E-state index in [2.05, 4.69) is 24.1 Å². The van der Waals surface area contributed by atoms with Gasteiger partial charge >= 0.3 is 0 Å². The van der Waals surface area contributed by atoms with Crippen LogP contribution >= 0.6 is 0 Å². The molecule has 2 saturated heterocycles. The zero-order valence-corrected chi connectivity index (χ0v) is 19.3. The first-order valence-corrected chi connectivity index (χ1v) is 12.0. The molecule has 170 valence electrons. The molecule has 2 aromatic rings. The average Bonchev–Trinajstić information content (AvgIpc) is 2.80. The van der Waals surface area contributed by atoms with E-state index in [-0.39, 0.29) is 11.8 Å². The van der Waals surface area contributed by atoms with E-state index in [1.807, 2.05) is 53.4 Å². The van der Waals surface area contributed by atoms with Gasteiger partial charge in [-0.15, -0.1) is 0 Å². The molecule has 0 bridgehead atoms. The molecule has 0 atom stereocenters. The molecule has 2 aliphatic rings. The number of nitrogens with zero attached hydrogens (tertiary/aromatic N) is 2. The van der Waals surface area contributed by atoms with Gasteiger partial charge in [0.25, 0.3) is 5.91 Å². The van der Waals surface area contributed by atoms with Gasteiger partial charge in [0.1, 0.15) is 0 Å². The van der Waals surface area contributed by atoms with Crippen molar-refractivity contribution in [2.24, 2.45) is 11.8 Å². The minimum absolute atomic E-state index is 0.0686. The van der Waals surface area contributed by atoms with Crippen LogP contribution in [0.2, 0.25) is 0 Å². The van der Waals surface area contributed by atoms with Crippen molar-refractivity contribution < 1.29 is 9.59 Å². The summed E-state index contributed by atoms with van der Waals surface area (Å²) in [5.74, 6) is 1.42. The topological polar surface area (TPSA) is 52.7 Å². The Morgan fingerprint density at radius 2 is 1.50 bits per heavy atom. The maximum Gasteiger partial charge on any atom is 0.256 e. The second-order valence-corrected chi connectivity index (χ2v) is 9.59. The predicted molar refractivity (Wildman–Crippen MR) is 130 cm³/mol. The fourth-order valence-corrected chi connectivity index (χ4v) is 4.68. The molecular formula is C27H35N3O2. The molecule has 2 fully saturated rings. The second-order valence-electron chi connectivity index (χ2n) is 9.59. The SMILES string of the molecule is CC1CCN(C(=O)c2cc(NC(=O)Cc3ccccc3)ccc2N2CCC(C)CC2)CC1. The van der Waals surface area contributed by atoms with E-state index in [1.165, 1.54) is 0 Å². The van der Waals surface area contributed by atoms with Gasteiger partial charge in [-0.3, -0.25) is 9.59 Å². The monoisotopic (exact) mass is 433 g/mol. The minimum atomic E-state index is -0.0686. The van der Waals surface area contributed by atoms with Crippen LogP contribution in [0.15, 0.2) is 48.5 Å². The number of piperidine rings is 2. The van der Waals surface area contributed by atoms with Gasteiger partial charge in [-0.2, -0.15) is 0 Å². The number of benzene rings is 2. The van der Waals surface area contributed by atoms with Crippen LogP contribution in [-0.2, 0) is 11.2 Å². The Kier molecular flexibility index (Phi) is 7.13. The molecular weight excluding hydrogens is 398 g/mol. The van der Waals surface area contributed by atoms with E-state index in [1.54, 1.807) is 0 Å². The number of carbonyl (C=O) groups is 2. The highest BCUT2D eigenvalue weighted by molar-refractivity contribution is 6.02. The third kappa shape index (κ3) is 5.50. The molecule has 2 aliphatic heterocycles. The Morgan fingerprint density at radius 1 is 0.875 bits per heavy atom. The third-order valence-electron chi connectivity index (χ3n) is 6.91. The van der Waals surface area contributed by atoms with Crippen LogP contribution in [0.4, 0.5) is 11.4 Å². The number of hydrogen-bond donors (Lipinski definition) is 1. The highest BCUT2D eigenvalue weighted by Gasteiger charge is 2.27. The number of anilines is 2. The molecule has 0 aliphatic carbocycles. The molecule has 0 radical (unpaired) electrons. The van der Waals surface area contributed by atoms with Gasteiger partial charge in [-0.1, -0.05) is 44.2 Å². The summed E-state index contributed by atoms with van der Waals surface area (Å²) in [5, 5.41) is 3.00. The maximum absolute atomic E-state index is 13.5. The van der Waals surface area contributed by atoms with Crippen LogP contribution < -0.4 is 10.2 Å². The lowest BCUT2D eigenvalue weighted by atomic mass is 9.96. The molecule has 0 saturated carbocycles. The summed E-state index contributed by atoms with van der Waals surface area (Å²) in [4.78, 5) is 30.5. The molecule has 2 amide bonds. The third-order valence-corrected chi connectivity index (χ3v) is 6.91. The Bertz CT molecular complexity index is 927. The van der Waals surface area contributed by atoms with Crippen LogP contribution in [0.25, 0.3) is 0 Å². The molecule has 2 aromatic carbocycles. The van der Waals surface area contributed by atoms with Crippen LogP contribution in [0.5, 0.6) is 0 Å². The van der Waals surface area contributed by atoms with E-state index >= 15 is 0 Å². The quantitative estimate of drug-likeness (QED) is 0.724. The summed E-state index contributed by atoms with van der Waals surface area (Å²) >= 11 is 0. The Morgan fingerprint density at radius 3 is 2.16 bits per heavy atom. The molecule has 4 rings (SSSR count). The molecule has 5 heteroatoms. The summed E-state index contributed by atoms with van der Waals surface area (Å²) in [6.45, 7) is 8.10. The minimum Gasteiger partial charge on any atom is -0.371 e. The van der Waals surface area contributed by atoms with Crippen LogP contribution in [0.1, 0.15) is 55.5 Å². The standard InChI is InChI=1S/C27H35N3O2/c1-20-10-14-29(15-11-20)25-9-8-23(28-26(31)18-22-6-4-3-5-7-22)19-24(25)27(32)30-16-12-21(2)13-17-30/h3-9,19-21H,10-18H2,1-2H3,(H,28,31). The number of carbonyl (C=O) groups excluding carboxylic acids is 2. The van der Waals surface area contributed by atoms with Gasteiger partial charge in [0.2, 0.25) is 5.91 Å². The van der Waals surface area contributed by atoms with E-state index in [0.29, 0.717) is 23.6 Å². The lowest BCUT2D eigenvalue weighted by Crippen LogP contribution is -2.40. The number of likely N-dealkylation sites (tertiary alicyclic amines) is 1. The molecule has 0 unspecified atom stereocenters. The summed E-state index contributed by atoms with van der Waals surface area (Å²) in [7, 11) is 0. The van der Waals surface area contributed by atoms with Gasteiger partial charge in [0.05, 0.1) is 12.0 Å². The Hall–Kier alpha value is -2.82. The Balaban J connectivity index is 1.55. The summed E-state index contributed by atoms with van der Waals surface area (Å²) in [6, 6.07) is 15.6. The normalized spacial score (nSPS) is 17.9. The zero-order chi connectivity index (χ0) is 22.5. The van der Waals surface area contributed by atoms with Gasteiger partial charge in [-0.05, 0) is 61.3 Å². The van der Waals surface area contributed by atoms with Gasteiger partial charge in [-0.25, -0.2) is 0 Å². The number of amides is 2. The van der Waals surface area contributed by atoms with E-state index in [9.17, 15) is 9.59 Å². The van der Waals surface area contributed by atoms with E-state index in [4.69, 9.17) is 0 Å². The average molecular weight is 434 g/mol. The molecule has 0 aromatic heterocycles. The highest BCUT2D eigenvalue weighted by atomic mass is 16.2. The molecule has 5 nitrogen and oxygen atoms in total. The van der Waals surface area contributed by atoms with Crippen molar-refractivity contribution in [2.75, 3.05) is 36.4 Å². The number of rotatable bonds is 5. The van der Waals surface area contributed by atoms with E-state index < -0.39 is 0 Å². The summed E-state index contributed by atoms with van der Waals surface area (Å²) in [6.07, 6.45) is 4.71. The van der Waals surface area contributed by atoms with Crippen LogP contribution in [0, 0.1) is 11.8 Å². The fraction of sp³-hybridized carbons (Fsp3) is 0.481. The second kappa shape index (κ2) is 10.2. The predicted octanol–water partition coefficient (Wildman–Crippen LogP) is 4.98. The zero-order valence-electron chi connectivity index (χ0n) is 19.3. The van der Waals surface area contributed by atoms with Crippen LogP contribution in [-0.4, -0.2) is 42.9 Å². The fourth-order valence-electron chi connectivity index (χ4n) is 4.68. The van der Waals surface area contributed by atoms with Crippen LogP contribution in [0.3, 0.4) is 0 Å². The van der Waals surface area contributed by atoms with E-state index in [0.717, 1.165) is 69.0 Å². The van der Waals surface area contributed by atoms with Crippen molar-refractivity contribution >= 4 is 23.2 Å². The van der Waals surface area contributed by atoms with Crippen molar-refractivity contribution in [3.63, 3.8) is 0 Å². The van der Waals surface area contributed by atoms with Crippen molar-refractivity contribution in [3.05, 3.63) is 59.7 Å². The Labute approximate surface area is 191 Å². The smallest absolute Gasteiger partial charge is 0.256 e. The molecule has 32 heavy (non-hydrogen) atoms. The van der Waals surface area contributed by atoms with Crippen molar-refractivity contribution in [3.8, 4) is 0 Å². The first kappa shape index (κ1) is 22.4. The number of nitrogens with one attached hydrogen (secondary N) is 1. The van der Waals surface area contributed by atoms with Gasteiger partial charge < -0.3 is 15.1 Å². The van der Waals surface area contributed by atoms with Crippen molar-refractivity contribution in [2.45, 2.75) is 46.0 Å².